The van der Waals surface area contributed by atoms with E-state index < -0.39 is 63.5 Å². The Bertz CT molecular complexity index is 1120. The molecule has 3 atom stereocenters. The van der Waals surface area contributed by atoms with Crippen LogP contribution in [0.2, 0.25) is 0 Å². The maximum atomic E-state index is 16.1. The van der Waals surface area contributed by atoms with E-state index in [0.717, 1.165) is 6.07 Å². The molecule has 0 bridgehead atoms. The lowest BCUT2D eigenvalue weighted by Gasteiger charge is -2.47. The molecule has 1 aliphatic heterocycles. The third-order valence-electron chi connectivity index (χ3n) is 5.46. The molecule has 8 nitrogen and oxygen atoms in total. The maximum Gasteiger partial charge on any atom is 0.293 e. The number of rotatable bonds is 8. The second-order valence-corrected chi connectivity index (χ2v) is 10.9. The first-order valence-electron chi connectivity index (χ1n) is 10.4. The van der Waals surface area contributed by atoms with Crippen LogP contribution in [0.3, 0.4) is 0 Å². The number of halogens is 2. The maximum absolute atomic E-state index is 16.1. The number of non-ortho nitro benzene ring substituents is 1. The van der Waals surface area contributed by atoms with Crippen molar-refractivity contribution in [3.05, 3.63) is 69.8 Å². The van der Waals surface area contributed by atoms with Crippen LogP contribution in [0.5, 0.6) is 5.75 Å². The van der Waals surface area contributed by atoms with E-state index >= 15 is 8.78 Å². The van der Waals surface area contributed by atoms with Gasteiger partial charge in [-0.1, -0.05) is 30.3 Å². The zero-order chi connectivity index (χ0) is 25.1. The monoisotopic (exact) mass is 493 g/mol. The van der Waals surface area contributed by atoms with Gasteiger partial charge in [0.05, 0.1) is 26.7 Å². The number of nitrogens with zero attached hydrogens (tertiary/aromatic N) is 2. The molecular weight excluding hydrogens is 468 g/mol. The molecule has 0 fully saturated rings. The molecule has 1 unspecified atom stereocenters. The van der Waals surface area contributed by atoms with Crippen molar-refractivity contribution in [1.82, 2.24) is 4.72 Å². The molecule has 182 valence electrons. The zero-order valence-corrected chi connectivity index (χ0v) is 19.7. The molecule has 0 aromatic heterocycles. The summed E-state index contributed by atoms with van der Waals surface area (Å²) in [6.07, 6.45) is -1.27. The van der Waals surface area contributed by atoms with Crippen LogP contribution >= 0.6 is 0 Å². The van der Waals surface area contributed by atoms with Crippen molar-refractivity contribution in [2.75, 3.05) is 13.2 Å². The molecule has 2 aromatic carbocycles. The zero-order valence-electron chi connectivity index (χ0n) is 18.9. The van der Waals surface area contributed by atoms with Crippen LogP contribution in [0.1, 0.15) is 44.4 Å². The Morgan fingerprint density at radius 3 is 2.56 bits per heavy atom. The lowest BCUT2D eigenvalue weighted by molar-refractivity contribution is -0.385. The van der Waals surface area contributed by atoms with E-state index in [4.69, 9.17) is 14.7 Å². The molecule has 34 heavy (non-hydrogen) atoms. The topological polar surface area (TPSA) is 114 Å². The molecule has 0 aliphatic carbocycles. The van der Waals surface area contributed by atoms with Gasteiger partial charge >= 0.3 is 0 Å². The fourth-order valence-corrected chi connectivity index (χ4v) is 4.65. The fraction of sp³-hybridized carbons (Fsp3) is 0.435. The summed E-state index contributed by atoms with van der Waals surface area (Å²) in [5.74, 6) is -3.73. The lowest BCUT2D eigenvalue weighted by atomic mass is 9.76. The van der Waals surface area contributed by atoms with Gasteiger partial charge in [-0.2, -0.15) is 5.26 Å². The molecule has 0 saturated carbocycles. The van der Waals surface area contributed by atoms with Gasteiger partial charge < -0.3 is 9.47 Å². The van der Waals surface area contributed by atoms with Gasteiger partial charge in [0.2, 0.25) is 0 Å². The summed E-state index contributed by atoms with van der Waals surface area (Å²) in [4.78, 5) is 10.8. The SMILES string of the molecule is CC(C)(C)[S@@](=O)N[C@]1(C(F)(F)COCC#N)CC(c2ccccc2)Oc2ccc([N+](=O)[O-])cc21. The largest absolute Gasteiger partial charge is 0.485 e. The minimum absolute atomic E-state index is 0.00377. The summed E-state index contributed by atoms with van der Waals surface area (Å²) in [5.41, 5.74) is -2.37. The molecule has 0 amide bonds. The lowest BCUT2D eigenvalue weighted by Crippen LogP contribution is -2.62. The first-order chi connectivity index (χ1) is 15.9. The summed E-state index contributed by atoms with van der Waals surface area (Å²) in [5, 5.41) is 20.2. The highest BCUT2D eigenvalue weighted by Gasteiger charge is 2.61. The average molecular weight is 494 g/mol. The highest BCUT2D eigenvalue weighted by molar-refractivity contribution is 7.84. The van der Waals surface area contributed by atoms with E-state index in [2.05, 4.69) is 4.72 Å². The highest BCUT2D eigenvalue weighted by atomic mass is 32.2. The van der Waals surface area contributed by atoms with Crippen molar-refractivity contribution in [3.63, 3.8) is 0 Å². The van der Waals surface area contributed by atoms with E-state index in [-0.39, 0.29) is 11.3 Å². The van der Waals surface area contributed by atoms with Crippen molar-refractivity contribution in [2.45, 2.75) is 49.5 Å². The number of benzene rings is 2. The smallest absolute Gasteiger partial charge is 0.293 e. The van der Waals surface area contributed by atoms with Crippen molar-refractivity contribution < 1.29 is 27.4 Å². The Hall–Kier alpha value is -2.94. The Morgan fingerprint density at radius 1 is 1.29 bits per heavy atom. The molecule has 3 rings (SSSR count). The molecule has 0 saturated heterocycles. The second kappa shape index (κ2) is 9.74. The summed E-state index contributed by atoms with van der Waals surface area (Å²) < 4.78 is 57.9. The normalized spacial score (nSPS) is 21.1. The number of hydrogen-bond acceptors (Lipinski definition) is 6. The minimum atomic E-state index is -3.73. The number of nitriles is 1. The van der Waals surface area contributed by atoms with Gasteiger partial charge in [0.15, 0.2) is 0 Å². The first-order valence-corrected chi connectivity index (χ1v) is 11.6. The van der Waals surface area contributed by atoms with Crippen molar-refractivity contribution in [1.29, 1.82) is 5.26 Å². The fourth-order valence-electron chi connectivity index (χ4n) is 3.68. The van der Waals surface area contributed by atoms with Crippen LogP contribution in [-0.2, 0) is 21.3 Å². The predicted molar refractivity (Wildman–Crippen MR) is 122 cm³/mol. The van der Waals surface area contributed by atoms with E-state index in [9.17, 15) is 14.3 Å². The molecule has 1 N–H and O–H groups in total. The Labute approximate surface area is 198 Å². The van der Waals surface area contributed by atoms with Gasteiger partial charge in [-0.25, -0.2) is 17.7 Å². The molecule has 0 spiro atoms. The van der Waals surface area contributed by atoms with Gasteiger partial charge in [0.25, 0.3) is 11.6 Å². The van der Waals surface area contributed by atoms with Crippen molar-refractivity contribution in [2.24, 2.45) is 0 Å². The number of fused-ring (bicyclic) bond motifs is 1. The van der Waals surface area contributed by atoms with Gasteiger partial charge in [0, 0.05) is 24.1 Å². The quantitative estimate of drug-likeness (QED) is 0.328. The molecular formula is C23H25F2N3O5S. The average Bonchev–Trinajstić information content (AvgIpc) is 2.78. The van der Waals surface area contributed by atoms with Gasteiger partial charge in [-0.05, 0) is 32.4 Å². The number of hydrogen-bond donors (Lipinski definition) is 1. The number of nitro groups is 1. The van der Waals surface area contributed by atoms with Gasteiger partial charge in [-0.3, -0.25) is 10.1 Å². The minimum Gasteiger partial charge on any atom is -0.485 e. The van der Waals surface area contributed by atoms with Crippen LogP contribution in [0.25, 0.3) is 0 Å². The summed E-state index contributed by atoms with van der Waals surface area (Å²) in [6, 6.07) is 13.8. The summed E-state index contributed by atoms with van der Waals surface area (Å²) in [7, 11) is -2.00. The predicted octanol–water partition coefficient (Wildman–Crippen LogP) is 4.54. The Balaban J connectivity index is 2.26. The number of ether oxygens (including phenoxy) is 2. The van der Waals surface area contributed by atoms with Crippen LogP contribution in [0, 0.1) is 21.4 Å². The first kappa shape index (κ1) is 25.7. The molecule has 11 heteroatoms. The van der Waals surface area contributed by atoms with Crippen LogP contribution in [-0.4, -0.2) is 33.0 Å². The molecule has 0 radical (unpaired) electrons. The van der Waals surface area contributed by atoms with Gasteiger partial charge in [-0.15, -0.1) is 0 Å². The third-order valence-corrected chi connectivity index (χ3v) is 7.11. The summed E-state index contributed by atoms with van der Waals surface area (Å²) >= 11 is 0. The van der Waals surface area contributed by atoms with E-state index in [1.165, 1.54) is 12.1 Å². The van der Waals surface area contributed by atoms with E-state index in [1.54, 1.807) is 57.2 Å². The molecule has 2 aromatic rings. The van der Waals surface area contributed by atoms with Crippen molar-refractivity contribution >= 4 is 16.7 Å². The molecule has 1 heterocycles. The molecule has 1 aliphatic rings. The highest BCUT2D eigenvalue weighted by Crippen LogP contribution is 2.53. The van der Waals surface area contributed by atoms with Crippen LogP contribution in [0.4, 0.5) is 14.5 Å². The summed E-state index contributed by atoms with van der Waals surface area (Å²) in [6.45, 7) is 3.12. The van der Waals surface area contributed by atoms with Crippen LogP contribution in [0.15, 0.2) is 48.5 Å². The number of alkyl halides is 2. The number of nitro benzene ring substituents is 1. The van der Waals surface area contributed by atoms with E-state index in [0.29, 0.717) is 5.56 Å². The Kier molecular flexibility index (Phi) is 7.35. The van der Waals surface area contributed by atoms with E-state index in [1.807, 2.05) is 0 Å². The van der Waals surface area contributed by atoms with Crippen molar-refractivity contribution in [3.8, 4) is 11.8 Å². The van der Waals surface area contributed by atoms with Gasteiger partial charge in [0.1, 0.15) is 30.6 Å². The Morgan fingerprint density at radius 2 is 1.97 bits per heavy atom. The standard InChI is InChI=1S/C23H25F2N3O5S/c1-21(2,3)34(31)27-22(23(24,25)15-32-12-11-26)14-20(16-7-5-4-6-8-16)33-19-10-9-17(28(29)30)13-18(19)22/h4-10,13,20,27H,12,14-15H2,1-3H3/t20?,22-,34-/m1/s1. The van der Waals surface area contributed by atoms with Crippen LogP contribution < -0.4 is 9.46 Å². The third kappa shape index (κ3) is 5.09. The second-order valence-electron chi connectivity index (χ2n) is 8.90. The number of nitrogens with one attached hydrogen (secondary N) is 1.